The third-order valence-corrected chi connectivity index (χ3v) is 4.45. The standard InChI is InChI=1S/C15H20BrNO2/c16-13-8-11(9-14-15(13)19-7-6-18-14)10-17-12-4-2-1-3-5-12/h8-9,12,17H,1-7,10H2. The van der Waals surface area contributed by atoms with Crippen molar-refractivity contribution in [3.63, 3.8) is 0 Å². The van der Waals surface area contributed by atoms with Gasteiger partial charge in [0.15, 0.2) is 11.5 Å². The molecule has 0 radical (unpaired) electrons. The van der Waals surface area contributed by atoms with Crippen molar-refractivity contribution < 1.29 is 9.47 Å². The number of halogens is 1. The highest BCUT2D eigenvalue weighted by Gasteiger charge is 2.17. The van der Waals surface area contributed by atoms with Gasteiger partial charge < -0.3 is 14.8 Å². The number of rotatable bonds is 3. The number of hydrogen-bond donors (Lipinski definition) is 1. The molecule has 1 aromatic carbocycles. The third-order valence-electron chi connectivity index (χ3n) is 3.86. The first-order valence-electron chi connectivity index (χ1n) is 7.14. The van der Waals surface area contributed by atoms with E-state index in [1.165, 1.54) is 37.7 Å². The molecule has 1 aliphatic carbocycles. The molecule has 1 N–H and O–H groups in total. The maximum absolute atomic E-state index is 5.65. The van der Waals surface area contributed by atoms with E-state index in [2.05, 4.69) is 33.4 Å². The fourth-order valence-electron chi connectivity index (χ4n) is 2.84. The summed E-state index contributed by atoms with van der Waals surface area (Å²) in [5.74, 6) is 1.70. The van der Waals surface area contributed by atoms with Gasteiger partial charge in [0.05, 0.1) is 4.47 Å². The number of ether oxygens (including phenoxy) is 2. The van der Waals surface area contributed by atoms with Crippen LogP contribution in [0.2, 0.25) is 0 Å². The topological polar surface area (TPSA) is 30.5 Å². The minimum Gasteiger partial charge on any atom is -0.486 e. The van der Waals surface area contributed by atoms with Crippen LogP contribution in [0, 0.1) is 0 Å². The SMILES string of the molecule is Brc1cc(CNC2CCCCC2)cc2c1OCCO2. The summed E-state index contributed by atoms with van der Waals surface area (Å²) in [6.45, 7) is 2.17. The van der Waals surface area contributed by atoms with Gasteiger partial charge in [-0.15, -0.1) is 0 Å². The third kappa shape index (κ3) is 3.23. The molecule has 0 unspecified atom stereocenters. The first-order valence-corrected chi connectivity index (χ1v) is 7.93. The molecule has 0 saturated heterocycles. The van der Waals surface area contributed by atoms with Crippen molar-refractivity contribution in [2.75, 3.05) is 13.2 Å². The van der Waals surface area contributed by atoms with E-state index in [1.54, 1.807) is 0 Å². The van der Waals surface area contributed by atoms with Gasteiger partial charge in [0.25, 0.3) is 0 Å². The summed E-state index contributed by atoms with van der Waals surface area (Å²) in [6.07, 6.45) is 6.75. The van der Waals surface area contributed by atoms with Crippen LogP contribution in [0.25, 0.3) is 0 Å². The predicted octanol–water partition coefficient (Wildman–Crippen LogP) is 3.64. The molecule has 1 fully saturated rings. The summed E-state index contributed by atoms with van der Waals surface area (Å²) < 4.78 is 12.3. The molecular weight excluding hydrogens is 306 g/mol. The molecule has 1 aromatic rings. The summed E-state index contributed by atoms with van der Waals surface area (Å²) in [4.78, 5) is 0. The first-order chi connectivity index (χ1) is 9.33. The van der Waals surface area contributed by atoms with Gasteiger partial charge in [-0.1, -0.05) is 19.3 Å². The number of hydrogen-bond acceptors (Lipinski definition) is 3. The van der Waals surface area contributed by atoms with Gasteiger partial charge in [-0.2, -0.15) is 0 Å². The van der Waals surface area contributed by atoms with Crippen LogP contribution in [0.15, 0.2) is 16.6 Å². The highest BCUT2D eigenvalue weighted by atomic mass is 79.9. The molecule has 0 amide bonds. The van der Waals surface area contributed by atoms with E-state index in [0.29, 0.717) is 19.3 Å². The summed E-state index contributed by atoms with van der Waals surface area (Å²) in [7, 11) is 0. The monoisotopic (exact) mass is 325 g/mol. The van der Waals surface area contributed by atoms with Crippen molar-refractivity contribution >= 4 is 15.9 Å². The highest BCUT2D eigenvalue weighted by molar-refractivity contribution is 9.10. The number of nitrogens with one attached hydrogen (secondary N) is 1. The lowest BCUT2D eigenvalue weighted by atomic mass is 9.95. The van der Waals surface area contributed by atoms with Crippen LogP contribution in [-0.4, -0.2) is 19.3 Å². The van der Waals surface area contributed by atoms with Gasteiger partial charge in [-0.25, -0.2) is 0 Å². The number of benzene rings is 1. The quantitative estimate of drug-likeness (QED) is 0.920. The predicted molar refractivity (Wildman–Crippen MR) is 78.8 cm³/mol. The second-order valence-corrected chi connectivity index (χ2v) is 6.17. The molecule has 19 heavy (non-hydrogen) atoms. The Morgan fingerprint density at radius 3 is 2.74 bits per heavy atom. The van der Waals surface area contributed by atoms with Gasteiger partial charge in [0.1, 0.15) is 13.2 Å². The molecule has 1 aliphatic heterocycles. The zero-order valence-corrected chi connectivity index (χ0v) is 12.7. The lowest BCUT2D eigenvalue weighted by Crippen LogP contribution is -2.30. The van der Waals surface area contributed by atoms with E-state index < -0.39 is 0 Å². The Morgan fingerprint density at radius 1 is 1.11 bits per heavy atom. The molecule has 0 atom stereocenters. The van der Waals surface area contributed by atoms with E-state index >= 15 is 0 Å². The fraction of sp³-hybridized carbons (Fsp3) is 0.600. The average Bonchev–Trinajstić information content (AvgIpc) is 2.46. The lowest BCUT2D eigenvalue weighted by molar-refractivity contribution is 0.170. The van der Waals surface area contributed by atoms with E-state index in [1.807, 2.05) is 0 Å². The molecule has 0 spiro atoms. The molecule has 104 valence electrons. The van der Waals surface area contributed by atoms with Gasteiger partial charge in [0.2, 0.25) is 0 Å². The molecular formula is C15H20BrNO2. The molecule has 0 bridgehead atoms. The van der Waals surface area contributed by atoms with Crippen molar-refractivity contribution in [2.24, 2.45) is 0 Å². The normalized spacial score (nSPS) is 19.4. The molecule has 0 aromatic heterocycles. The van der Waals surface area contributed by atoms with Crippen LogP contribution >= 0.6 is 15.9 Å². The summed E-state index contributed by atoms with van der Waals surface area (Å²) in [5, 5.41) is 3.65. The Labute approximate surface area is 122 Å². The summed E-state index contributed by atoms with van der Waals surface area (Å²) in [6, 6.07) is 4.90. The minimum absolute atomic E-state index is 0.630. The van der Waals surface area contributed by atoms with E-state index in [-0.39, 0.29) is 0 Å². The van der Waals surface area contributed by atoms with Crippen LogP contribution in [0.5, 0.6) is 11.5 Å². The van der Waals surface area contributed by atoms with E-state index in [4.69, 9.17) is 9.47 Å². The maximum Gasteiger partial charge on any atom is 0.175 e. The van der Waals surface area contributed by atoms with Gasteiger partial charge >= 0.3 is 0 Å². The largest absolute Gasteiger partial charge is 0.486 e. The molecule has 3 nitrogen and oxygen atoms in total. The minimum atomic E-state index is 0.630. The first kappa shape index (κ1) is 13.3. The van der Waals surface area contributed by atoms with Crippen molar-refractivity contribution in [1.29, 1.82) is 0 Å². The second kappa shape index (κ2) is 6.14. The van der Waals surface area contributed by atoms with Crippen molar-refractivity contribution in [3.05, 3.63) is 22.2 Å². The average molecular weight is 326 g/mol. The fourth-order valence-corrected chi connectivity index (χ4v) is 3.44. The van der Waals surface area contributed by atoms with Crippen LogP contribution < -0.4 is 14.8 Å². The Morgan fingerprint density at radius 2 is 1.89 bits per heavy atom. The molecule has 4 heteroatoms. The zero-order chi connectivity index (χ0) is 13.1. The van der Waals surface area contributed by atoms with Gasteiger partial charge in [-0.05, 0) is 46.5 Å². The lowest BCUT2D eigenvalue weighted by Gasteiger charge is -2.24. The second-order valence-electron chi connectivity index (χ2n) is 5.32. The molecule has 3 rings (SSSR count). The Kier molecular flexibility index (Phi) is 4.28. The molecule has 1 saturated carbocycles. The number of fused-ring (bicyclic) bond motifs is 1. The van der Waals surface area contributed by atoms with Gasteiger partial charge in [0, 0.05) is 12.6 Å². The van der Waals surface area contributed by atoms with Crippen LogP contribution in [0.1, 0.15) is 37.7 Å². The van der Waals surface area contributed by atoms with Crippen LogP contribution in [-0.2, 0) is 6.54 Å². The van der Waals surface area contributed by atoms with Crippen LogP contribution in [0.3, 0.4) is 0 Å². The van der Waals surface area contributed by atoms with Crippen molar-refractivity contribution in [2.45, 2.75) is 44.7 Å². The summed E-state index contributed by atoms with van der Waals surface area (Å²) >= 11 is 3.57. The van der Waals surface area contributed by atoms with E-state index in [0.717, 1.165) is 22.5 Å². The van der Waals surface area contributed by atoms with Gasteiger partial charge in [-0.3, -0.25) is 0 Å². The highest BCUT2D eigenvalue weighted by Crippen LogP contribution is 2.38. The summed E-state index contributed by atoms with van der Waals surface area (Å²) in [5.41, 5.74) is 1.25. The maximum atomic E-state index is 5.65. The van der Waals surface area contributed by atoms with E-state index in [9.17, 15) is 0 Å². The Hall–Kier alpha value is -0.740. The molecule has 2 aliphatic rings. The zero-order valence-electron chi connectivity index (χ0n) is 11.1. The van der Waals surface area contributed by atoms with Crippen LogP contribution in [0.4, 0.5) is 0 Å². The Bertz CT molecular complexity index is 444. The molecule has 1 heterocycles. The smallest absolute Gasteiger partial charge is 0.175 e. The van der Waals surface area contributed by atoms with Crippen molar-refractivity contribution in [1.82, 2.24) is 5.32 Å². The Balaban J connectivity index is 1.65. The van der Waals surface area contributed by atoms with Crippen molar-refractivity contribution in [3.8, 4) is 11.5 Å².